The SMILES string of the molecule is CN=C(NCCc1ccc(S(N)(=O)=O)cc1)N1CCC(c2cnn(C)c2)C1.I. The van der Waals surface area contributed by atoms with Crippen LogP contribution in [0.2, 0.25) is 0 Å². The molecule has 1 aliphatic heterocycles. The Bertz CT molecular complexity index is 910. The van der Waals surface area contributed by atoms with Crippen molar-refractivity contribution in [2.75, 3.05) is 26.7 Å². The largest absolute Gasteiger partial charge is 0.356 e. The minimum Gasteiger partial charge on any atom is -0.356 e. The third-order valence-corrected chi connectivity index (χ3v) is 5.77. The van der Waals surface area contributed by atoms with E-state index in [0.717, 1.165) is 44.0 Å². The standard InChI is InChI=1S/C18H26N6O2S.HI/c1-20-18(24-10-8-15(13-24)16-11-22-23(2)12-16)21-9-7-14-3-5-17(6-4-14)27(19,25)26;/h3-6,11-12,15H,7-10,13H2,1-2H3,(H,20,21)(H2,19,25,26);1H. The topological polar surface area (TPSA) is 106 Å². The maximum Gasteiger partial charge on any atom is 0.238 e. The molecule has 3 rings (SSSR count). The van der Waals surface area contributed by atoms with Crippen LogP contribution in [0.25, 0.3) is 0 Å². The second kappa shape index (κ2) is 9.70. The lowest BCUT2D eigenvalue weighted by atomic mass is 10.0. The first-order valence-corrected chi connectivity index (χ1v) is 10.5. The van der Waals surface area contributed by atoms with E-state index in [2.05, 4.69) is 26.5 Å². The van der Waals surface area contributed by atoms with Crippen LogP contribution >= 0.6 is 24.0 Å². The molecule has 0 radical (unpaired) electrons. The van der Waals surface area contributed by atoms with Crippen molar-refractivity contribution in [1.29, 1.82) is 0 Å². The molecule has 0 aliphatic carbocycles. The average molecular weight is 518 g/mol. The lowest BCUT2D eigenvalue weighted by Gasteiger charge is -2.21. The van der Waals surface area contributed by atoms with Gasteiger partial charge in [0, 0.05) is 45.8 Å². The molecular formula is C18H27IN6O2S. The summed E-state index contributed by atoms with van der Waals surface area (Å²) in [5.41, 5.74) is 2.31. The fraction of sp³-hybridized carbons (Fsp3) is 0.444. The number of benzene rings is 1. The monoisotopic (exact) mass is 518 g/mol. The third kappa shape index (κ3) is 5.67. The maximum absolute atomic E-state index is 11.3. The first-order chi connectivity index (χ1) is 12.9. The Labute approximate surface area is 183 Å². The molecule has 0 spiro atoms. The summed E-state index contributed by atoms with van der Waals surface area (Å²) in [7, 11) is 0.0864. The van der Waals surface area contributed by atoms with Crippen molar-refractivity contribution >= 4 is 40.0 Å². The van der Waals surface area contributed by atoms with Gasteiger partial charge in [-0.2, -0.15) is 5.10 Å². The van der Waals surface area contributed by atoms with E-state index in [1.54, 1.807) is 31.3 Å². The van der Waals surface area contributed by atoms with Crippen LogP contribution in [0.1, 0.15) is 23.5 Å². The summed E-state index contributed by atoms with van der Waals surface area (Å²) in [6, 6.07) is 6.66. The number of nitrogens with one attached hydrogen (secondary N) is 1. The fourth-order valence-corrected chi connectivity index (χ4v) is 3.89. The number of rotatable bonds is 5. The Morgan fingerprint density at radius 2 is 2.07 bits per heavy atom. The van der Waals surface area contributed by atoms with Crippen molar-refractivity contribution in [2.24, 2.45) is 17.2 Å². The van der Waals surface area contributed by atoms with Crippen molar-refractivity contribution in [1.82, 2.24) is 20.0 Å². The van der Waals surface area contributed by atoms with Crippen molar-refractivity contribution in [3.8, 4) is 0 Å². The third-order valence-electron chi connectivity index (χ3n) is 4.84. The molecule has 0 bridgehead atoms. The molecule has 1 fully saturated rings. The number of halogens is 1. The van der Waals surface area contributed by atoms with Crippen LogP contribution in [0.15, 0.2) is 46.5 Å². The summed E-state index contributed by atoms with van der Waals surface area (Å²) in [6.45, 7) is 2.60. The van der Waals surface area contributed by atoms with Gasteiger partial charge in [0.2, 0.25) is 10.0 Å². The van der Waals surface area contributed by atoms with Gasteiger partial charge in [-0.1, -0.05) is 12.1 Å². The minimum atomic E-state index is -3.64. The number of primary sulfonamides is 1. The van der Waals surface area contributed by atoms with Gasteiger partial charge in [-0.3, -0.25) is 9.67 Å². The molecular weight excluding hydrogens is 491 g/mol. The summed E-state index contributed by atoms with van der Waals surface area (Å²) in [5, 5.41) is 12.8. The van der Waals surface area contributed by atoms with Crippen LogP contribution in [-0.4, -0.2) is 55.7 Å². The van der Waals surface area contributed by atoms with Gasteiger partial charge in [0.15, 0.2) is 5.96 Å². The van der Waals surface area contributed by atoms with Gasteiger partial charge >= 0.3 is 0 Å². The number of hydrogen-bond acceptors (Lipinski definition) is 4. The molecule has 3 N–H and O–H groups in total. The number of nitrogens with zero attached hydrogens (tertiary/aromatic N) is 4. The number of nitrogens with two attached hydrogens (primary N) is 1. The summed E-state index contributed by atoms with van der Waals surface area (Å²) < 4.78 is 24.4. The molecule has 10 heteroatoms. The molecule has 0 amide bonds. The van der Waals surface area contributed by atoms with Gasteiger partial charge in [-0.15, -0.1) is 24.0 Å². The van der Waals surface area contributed by atoms with Crippen molar-refractivity contribution in [2.45, 2.75) is 23.7 Å². The van der Waals surface area contributed by atoms with Crippen LogP contribution in [0.4, 0.5) is 0 Å². The number of aryl methyl sites for hydroxylation is 1. The molecule has 8 nitrogen and oxygen atoms in total. The quantitative estimate of drug-likeness (QED) is 0.353. The van der Waals surface area contributed by atoms with Crippen LogP contribution in [0.5, 0.6) is 0 Å². The predicted molar refractivity (Wildman–Crippen MR) is 120 cm³/mol. The number of likely N-dealkylation sites (tertiary alicyclic amines) is 1. The molecule has 1 atom stereocenters. The summed E-state index contributed by atoms with van der Waals surface area (Å²) >= 11 is 0. The van der Waals surface area contributed by atoms with E-state index in [4.69, 9.17) is 5.14 Å². The van der Waals surface area contributed by atoms with Crippen LogP contribution in [-0.2, 0) is 23.5 Å². The predicted octanol–water partition coefficient (Wildman–Crippen LogP) is 1.29. The number of aromatic nitrogens is 2. The number of sulfonamides is 1. The second-order valence-electron chi connectivity index (χ2n) is 6.79. The van der Waals surface area contributed by atoms with Gasteiger partial charge in [0.1, 0.15) is 0 Å². The molecule has 1 aliphatic rings. The van der Waals surface area contributed by atoms with E-state index in [9.17, 15) is 8.42 Å². The highest BCUT2D eigenvalue weighted by atomic mass is 127. The Balaban J connectivity index is 0.00000280. The second-order valence-corrected chi connectivity index (χ2v) is 8.35. The molecule has 154 valence electrons. The number of hydrogen-bond donors (Lipinski definition) is 2. The molecule has 0 saturated carbocycles. The van der Waals surface area contributed by atoms with Crippen LogP contribution in [0, 0.1) is 0 Å². The molecule has 1 saturated heterocycles. The van der Waals surface area contributed by atoms with E-state index in [0.29, 0.717) is 5.92 Å². The Morgan fingerprint density at radius 1 is 1.36 bits per heavy atom. The van der Waals surface area contributed by atoms with Gasteiger partial charge in [0.25, 0.3) is 0 Å². The number of aliphatic imine (C=N–C) groups is 1. The first kappa shape index (κ1) is 22.6. The maximum atomic E-state index is 11.3. The Morgan fingerprint density at radius 3 is 2.64 bits per heavy atom. The first-order valence-electron chi connectivity index (χ1n) is 8.92. The average Bonchev–Trinajstić information content (AvgIpc) is 3.27. The Kier molecular flexibility index (Phi) is 7.84. The zero-order valence-corrected chi connectivity index (χ0v) is 19.2. The van der Waals surface area contributed by atoms with Crippen molar-refractivity contribution < 1.29 is 8.42 Å². The summed E-state index contributed by atoms with van der Waals surface area (Å²) in [6.07, 6.45) is 5.87. The Hall–Kier alpha value is -1.66. The minimum absolute atomic E-state index is 0. The molecule has 2 aromatic rings. The molecule has 1 unspecified atom stereocenters. The van der Waals surface area contributed by atoms with E-state index in [-0.39, 0.29) is 28.9 Å². The highest BCUT2D eigenvalue weighted by molar-refractivity contribution is 14.0. The van der Waals surface area contributed by atoms with Gasteiger partial charge < -0.3 is 10.2 Å². The smallest absolute Gasteiger partial charge is 0.238 e. The lowest BCUT2D eigenvalue weighted by molar-refractivity contribution is 0.486. The van der Waals surface area contributed by atoms with Crippen molar-refractivity contribution in [3.63, 3.8) is 0 Å². The lowest BCUT2D eigenvalue weighted by Crippen LogP contribution is -2.40. The van der Waals surface area contributed by atoms with Crippen LogP contribution < -0.4 is 10.5 Å². The zero-order chi connectivity index (χ0) is 19.4. The summed E-state index contributed by atoms with van der Waals surface area (Å²) in [4.78, 5) is 6.79. The highest BCUT2D eigenvalue weighted by Crippen LogP contribution is 2.26. The fourth-order valence-electron chi connectivity index (χ4n) is 3.37. The van der Waals surface area contributed by atoms with E-state index >= 15 is 0 Å². The molecule has 1 aromatic heterocycles. The van der Waals surface area contributed by atoms with E-state index in [1.807, 2.05) is 17.9 Å². The summed E-state index contributed by atoms with van der Waals surface area (Å²) in [5.74, 6) is 1.37. The van der Waals surface area contributed by atoms with Gasteiger partial charge in [-0.05, 0) is 36.1 Å². The van der Waals surface area contributed by atoms with Crippen molar-refractivity contribution in [3.05, 3.63) is 47.8 Å². The number of guanidine groups is 1. The van der Waals surface area contributed by atoms with Crippen LogP contribution in [0.3, 0.4) is 0 Å². The molecule has 1 aromatic carbocycles. The van der Waals surface area contributed by atoms with Gasteiger partial charge in [0.05, 0.1) is 11.1 Å². The van der Waals surface area contributed by atoms with E-state index in [1.165, 1.54) is 5.56 Å². The normalized spacial score (nSPS) is 17.5. The highest BCUT2D eigenvalue weighted by Gasteiger charge is 2.26. The molecule has 2 heterocycles. The molecule has 28 heavy (non-hydrogen) atoms. The van der Waals surface area contributed by atoms with Gasteiger partial charge in [-0.25, -0.2) is 13.6 Å². The van der Waals surface area contributed by atoms with E-state index < -0.39 is 10.0 Å². The zero-order valence-electron chi connectivity index (χ0n) is 16.1.